The van der Waals surface area contributed by atoms with E-state index in [0.717, 1.165) is 88.3 Å². The molecule has 7 aromatic carbocycles. The third-order valence-corrected chi connectivity index (χ3v) is 9.81. The first-order chi connectivity index (χ1) is 24.3. The van der Waals surface area contributed by atoms with Crippen LogP contribution in [-0.2, 0) is 0 Å². The number of hydrogen-bond acceptors (Lipinski definition) is 4. The lowest BCUT2D eigenvalue weighted by Crippen LogP contribution is -1.96. The van der Waals surface area contributed by atoms with Crippen LogP contribution >= 0.6 is 0 Å². The van der Waals surface area contributed by atoms with Gasteiger partial charge in [0.2, 0.25) is 0 Å². The van der Waals surface area contributed by atoms with Crippen molar-refractivity contribution >= 4 is 76.6 Å². The molecule has 0 aliphatic heterocycles. The summed E-state index contributed by atoms with van der Waals surface area (Å²) in [4.78, 5) is 10.6. The zero-order valence-corrected chi connectivity index (χ0v) is 26.1. The first-order valence-corrected chi connectivity index (χ1v) is 16.4. The Balaban J connectivity index is 1.25. The zero-order chi connectivity index (χ0) is 32.1. The molecule has 49 heavy (non-hydrogen) atoms. The molecule has 0 aliphatic carbocycles. The highest BCUT2D eigenvalue weighted by molar-refractivity contribution is 6.28. The van der Waals surface area contributed by atoms with Gasteiger partial charge in [0.25, 0.3) is 0 Å². The fraction of sp³-hybridized carbons (Fsp3) is 0. The van der Waals surface area contributed by atoms with Crippen molar-refractivity contribution in [1.29, 1.82) is 0 Å². The lowest BCUT2D eigenvalue weighted by Gasteiger charge is -2.10. The second-order valence-corrected chi connectivity index (χ2v) is 12.5. The molecule has 0 amide bonds. The van der Waals surface area contributed by atoms with Gasteiger partial charge in [-0.25, -0.2) is 9.97 Å². The number of hydrogen-bond donors (Lipinski definition) is 0. The minimum absolute atomic E-state index is 0.608. The third kappa shape index (κ3) is 3.70. The SMILES string of the molecule is c1ccc(-c2nc(-c3cccc4c3oc3ccc5c(c6ccccc6n5-c5ccccc5)c34)nc3c2ccc2oc4ccccc4c23)cc1. The highest BCUT2D eigenvalue weighted by Gasteiger charge is 2.23. The molecule has 4 aromatic heterocycles. The lowest BCUT2D eigenvalue weighted by molar-refractivity contribution is 0.669. The first kappa shape index (κ1) is 26.4. The van der Waals surface area contributed by atoms with E-state index in [0.29, 0.717) is 5.82 Å². The quantitative estimate of drug-likeness (QED) is 0.196. The second kappa shape index (κ2) is 9.89. The van der Waals surface area contributed by atoms with Gasteiger partial charge in [-0.15, -0.1) is 0 Å². The number of aromatic nitrogens is 3. The molecule has 0 fully saturated rings. The molecule has 0 saturated carbocycles. The van der Waals surface area contributed by atoms with Crippen molar-refractivity contribution in [3.05, 3.63) is 152 Å². The summed E-state index contributed by atoms with van der Waals surface area (Å²) in [6.07, 6.45) is 0. The summed E-state index contributed by atoms with van der Waals surface area (Å²) in [5.41, 5.74) is 10.2. The highest BCUT2D eigenvalue weighted by Crippen LogP contribution is 2.44. The smallest absolute Gasteiger partial charge is 0.164 e. The summed E-state index contributed by atoms with van der Waals surface area (Å²) in [5, 5.41) is 7.47. The van der Waals surface area contributed by atoms with Gasteiger partial charge in [-0.1, -0.05) is 97.1 Å². The molecule has 4 heterocycles. The summed E-state index contributed by atoms with van der Waals surface area (Å²) in [7, 11) is 0. The van der Waals surface area contributed by atoms with Gasteiger partial charge in [0.15, 0.2) is 5.82 Å². The van der Waals surface area contributed by atoms with Gasteiger partial charge in [-0.3, -0.25) is 0 Å². The van der Waals surface area contributed by atoms with E-state index in [1.165, 1.54) is 10.8 Å². The number of para-hydroxylation sites is 4. The molecule has 5 nitrogen and oxygen atoms in total. The van der Waals surface area contributed by atoms with Crippen molar-refractivity contribution in [2.45, 2.75) is 0 Å². The van der Waals surface area contributed by atoms with Crippen LogP contribution in [0.15, 0.2) is 160 Å². The number of fused-ring (bicyclic) bond motifs is 12. The molecular weight excluding hydrogens is 603 g/mol. The number of benzene rings is 7. The molecule has 0 saturated heterocycles. The van der Waals surface area contributed by atoms with E-state index in [4.69, 9.17) is 18.8 Å². The Hall–Kier alpha value is -6.72. The van der Waals surface area contributed by atoms with Crippen molar-refractivity contribution in [3.63, 3.8) is 0 Å². The predicted molar refractivity (Wildman–Crippen MR) is 199 cm³/mol. The fourth-order valence-corrected chi connectivity index (χ4v) is 7.72. The van der Waals surface area contributed by atoms with Crippen LogP contribution in [0.1, 0.15) is 0 Å². The molecule has 0 aliphatic rings. The largest absolute Gasteiger partial charge is 0.456 e. The maximum Gasteiger partial charge on any atom is 0.164 e. The molecule has 5 heteroatoms. The maximum absolute atomic E-state index is 6.80. The van der Waals surface area contributed by atoms with Crippen LogP contribution in [0.5, 0.6) is 0 Å². The van der Waals surface area contributed by atoms with Crippen molar-refractivity contribution in [1.82, 2.24) is 14.5 Å². The standard InChI is InChI=1S/C44H25N3O2/c1-3-12-26(13-4-1)41-31-22-24-37-40(29-17-8-10-21-35(29)48-37)42(31)46-44(45-41)32-19-11-18-30-39-36(49-43(30)32)25-23-34-38(39)28-16-7-9-20-33(28)47(34)27-14-5-2-6-15-27/h1-25H. The minimum atomic E-state index is 0.608. The minimum Gasteiger partial charge on any atom is -0.456 e. The summed E-state index contributed by atoms with van der Waals surface area (Å²) in [6, 6.07) is 52.3. The van der Waals surface area contributed by atoms with Crippen molar-refractivity contribution in [3.8, 4) is 28.3 Å². The summed E-state index contributed by atoms with van der Waals surface area (Å²) in [6.45, 7) is 0. The second-order valence-electron chi connectivity index (χ2n) is 12.5. The number of rotatable bonds is 3. The molecule has 0 atom stereocenters. The Bertz CT molecular complexity index is 3100. The molecule has 0 radical (unpaired) electrons. The van der Waals surface area contributed by atoms with E-state index < -0.39 is 0 Å². The molecule has 0 bridgehead atoms. The molecule has 228 valence electrons. The molecule has 11 rings (SSSR count). The molecule has 0 N–H and O–H groups in total. The van der Waals surface area contributed by atoms with E-state index in [1.54, 1.807) is 0 Å². The Labute approximate surface area is 279 Å². The van der Waals surface area contributed by atoms with E-state index >= 15 is 0 Å². The highest BCUT2D eigenvalue weighted by atomic mass is 16.3. The van der Waals surface area contributed by atoms with Gasteiger partial charge >= 0.3 is 0 Å². The lowest BCUT2D eigenvalue weighted by atomic mass is 10.0. The summed E-state index contributed by atoms with van der Waals surface area (Å²) < 4.78 is 15.4. The van der Waals surface area contributed by atoms with E-state index in [9.17, 15) is 0 Å². The fourth-order valence-electron chi connectivity index (χ4n) is 7.72. The van der Waals surface area contributed by atoms with Gasteiger partial charge in [-0.05, 0) is 54.6 Å². The summed E-state index contributed by atoms with van der Waals surface area (Å²) in [5.74, 6) is 0.608. The van der Waals surface area contributed by atoms with Crippen LogP contribution in [-0.4, -0.2) is 14.5 Å². The van der Waals surface area contributed by atoms with Crippen LogP contribution in [0.4, 0.5) is 0 Å². The van der Waals surface area contributed by atoms with E-state index in [1.807, 2.05) is 42.5 Å². The van der Waals surface area contributed by atoms with Crippen LogP contribution in [0, 0.1) is 0 Å². The summed E-state index contributed by atoms with van der Waals surface area (Å²) >= 11 is 0. The molecule has 0 spiro atoms. The van der Waals surface area contributed by atoms with Gasteiger partial charge in [0, 0.05) is 43.6 Å². The average molecular weight is 628 g/mol. The Kier molecular flexibility index (Phi) is 5.32. The van der Waals surface area contributed by atoms with Crippen molar-refractivity contribution < 1.29 is 8.83 Å². The van der Waals surface area contributed by atoms with Crippen molar-refractivity contribution in [2.75, 3.05) is 0 Å². The number of furan rings is 2. The topological polar surface area (TPSA) is 57.0 Å². The van der Waals surface area contributed by atoms with E-state index in [2.05, 4.69) is 114 Å². The van der Waals surface area contributed by atoms with Crippen LogP contribution in [0.3, 0.4) is 0 Å². The van der Waals surface area contributed by atoms with Crippen LogP contribution in [0.2, 0.25) is 0 Å². The Morgan fingerprint density at radius 3 is 2.02 bits per heavy atom. The van der Waals surface area contributed by atoms with Crippen LogP contribution < -0.4 is 0 Å². The monoisotopic (exact) mass is 627 g/mol. The van der Waals surface area contributed by atoms with Crippen LogP contribution in [0.25, 0.3) is 105 Å². The zero-order valence-electron chi connectivity index (χ0n) is 26.1. The van der Waals surface area contributed by atoms with Gasteiger partial charge in [-0.2, -0.15) is 0 Å². The Morgan fingerprint density at radius 2 is 1.14 bits per heavy atom. The first-order valence-electron chi connectivity index (χ1n) is 16.4. The van der Waals surface area contributed by atoms with Gasteiger partial charge in [0.1, 0.15) is 22.3 Å². The normalized spacial score (nSPS) is 12.1. The molecule has 11 aromatic rings. The average Bonchev–Trinajstić information content (AvgIpc) is 3.84. The van der Waals surface area contributed by atoms with Gasteiger partial charge in [0.05, 0.1) is 33.2 Å². The number of nitrogens with zero attached hydrogens (tertiary/aromatic N) is 3. The predicted octanol–water partition coefficient (Wildman–Crippen LogP) is 11.9. The van der Waals surface area contributed by atoms with Gasteiger partial charge < -0.3 is 13.4 Å². The third-order valence-electron chi connectivity index (χ3n) is 9.81. The Morgan fingerprint density at radius 1 is 0.429 bits per heavy atom. The molecule has 0 unspecified atom stereocenters. The molecular formula is C44H25N3O2. The van der Waals surface area contributed by atoms with E-state index in [-0.39, 0.29) is 0 Å². The maximum atomic E-state index is 6.80. The van der Waals surface area contributed by atoms with Crippen molar-refractivity contribution in [2.24, 2.45) is 0 Å².